The molecule has 1 aliphatic heterocycles. The number of nitrogens with zero attached hydrogens (tertiary/aromatic N) is 1. The predicted octanol–water partition coefficient (Wildman–Crippen LogP) is 2.17. The summed E-state index contributed by atoms with van der Waals surface area (Å²) in [6, 6.07) is 5.40. The molecule has 2 rings (SSSR count). The minimum atomic E-state index is -0.136. The van der Waals surface area contributed by atoms with Crippen LogP contribution in [-0.4, -0.2) is 35.7 Å². The van der Waals surface area contributed by atoms with E-state index in [4.69, 9.17) is 28.1 Å². The molecule has 0 unspecified atom stereocenters. The summed E-state index contributed by atoms with van der Waals surface area (Å²) in [6.07, 6.45) is 6.94. The molecule has 1 aromatic carbocycles. The summed E-state index contributed by atoms with van der Waals surface area (Å²) in [5.74, 6) is 3.43. The summed E-state index contributed by atoms with van der Waals surface area (Å²) in [4.78, 5) is 13.7. The van der Waals surface area contributed by atoms with E-state index in [1.54, 1.807) is 18.2 Å². The number of terminal acetylenes is 1. The molecule has 0 aliphatic carbocycles. The van der Waals surface area contributed by atoms with Crippen LogP contribution in [0.3, 0.4) is 0 Å². The van der Waals surface area contributed by atoms with Crippen LogP contribution in [0.5, 0.6) is 11.5 Å². The first kappa shape index (κ1) is 16.8. The molecular weight excluding hydrogens is 312 g/mol. The number of likely N-dealkylation sites (N-methyl/N-ethyl adjacent to an activating group) is 1. The van der Waals surface area contributed by atoms with Gasteiger partial charge in [0.2, 0.25) is 0 Å². The maximum Gasteiger partial charge on any atom is 0.276 e. The molecule has 0 saturated carbocycles. The lowest BCUT2D eigenvalue weighted by molar-refractivity contribution is -0.122. The molecule has 6 heteroatoms. The van der Waals surface area contributed by atoms with Crippen molar-refractivity contribution < 1.29 is 14.3 Å². The summed E-state index contributed by atoms with van der Waals surface area (Å²) in [6.45, 7) is 4.96. The number of amides is 1. The number of rotatable bonds is 6. The molecular formula is C17H18N2O3S. The lowest BCUT2D eigenvalue weighted by Crippen LogP contribution is -2.30. The Balaban J connectivity index is 2.28. The Hall–Kier alpha value is -2.52. The van der Waals surface area contributed by atoms with Crippen LogP contribution in [0.15, 0.2) is 23.9 Å². The Labute approximate surface area is 141 Å². The minimum absolute atomic E-state index is 0.136. The molecule has 5 nitrogen and oxygen atoms in total. The fourth-order valence-electron chi connectivity index (χ4n) is 2.15. The van der Waals surface area contributed by atoms with E-state index in [0.717, 1.165) is 5.56 Å². The Bertz CT molecular complexity index is 692. The van der Waals surface area contributed by atoms with Gasteiger partial charge in [0.05, 0.1) is 6.61 Å². The van der Waals surface area contributed by atoms with Gasteiger partial charge >= 0.3 is 0 Å². The Morgan fingerprint density at radius 3 is 2.74 bits per heavy atom. The highest BCUT2D eigenvalue weighted by Gasteiger charge is 2.29. The zero-order valence-electron chi connectivity index (χ0n) is 13.1. The first-order valence-corrected chi connectivity index (χ1v) is 7.69. The van der Waals surface area contributed by atoms with Gasteiger partial charge in [0.1, 0.15) is 12.3 Å². The van der Waals surface area contributed by atoms with E-state index in [1.165, 1.54) is 4.90 Å². The van der Waals surface area contributed by atoms with Crippen LogP contribution in [0.25, 0.3) is 6.08 Å². The van der Waals surface area contributed by atoms with Crippen molar-refractivity contribution in [3.63, 3.8) is 0 Å². The zero-order valence-corrected chi connectivity index (χ0v) is 13.9. The molecule has 120 valence electrons. The third-order valence-corrected chi connectivity index (χ3v) is 3.49. The van der Waals surface area contributed by atoms with Gasteiger partial charge in [0.25, 0.3) is 5.91 Å². The van der Waals surface area contributed by atoms with Gasteiger partial charge in [-0.1, -0.05) is 12.0 Å². The van der Waals surface area contributed by atoms with Gasteiger partial charge in [-0.25, -0.2) is 0 Å². The van der Waals surface area contributed by atoms with E-state index in [9.17, 15) is 4.79 Å². The molecule has 1 saturated heterocycles. The number of nitrogens with one attached hydrogen (secondary N) is 1. The molecule has 0 spiro atoms. The number of benzene rings is 1. The number of thiocarbonyl (C=S) groups is 1. The molecule has 1 heterocycles. The van der Waals surface area contributed by atoms with Gasteiger partial charge in [-0.2, -0.15) is 0 Å². The first-order chi connectivity index (χ1) is 11.1. The molecule has 1 amide bonds. The van der Waals surface area contributed by atoms with Gasteiger partial charge in [0, 0.05) is 6.54 Å². The smallest absolute Gasteiger partial charge is 0.276 e. The van der Waals surface area contributed by atoms with E-state index in [1.807, 2.05) is 19.9 Å². The Kier molecular flexibility index (Phi) is 5.61. The average molecular weight is 330 g/mol. The number of hydrogen-bond acceptors (Lipinski definition) is 4. The highest BCUT2D eigenvalue weighted by molar-refractivity contribution is 7.80. The van der Waals surface area contributed by atoms with Gasteiger partial charge in [-0.15, -0.1) is 6.42 Å². The second-order valence-electron chi connectivity index (χ2n) is 4.67. The molecule has 1 N–H and O–H groups in total. The molecule has 23 heavy (non-hydrogen) atoms. The van der Waals surface area contributed by atoms with Crippen molar-refractivity contribution >= 4 is 29.3 Å². The number of hydrogen-bond donors (Lipinski definition) is 1. The van der Waals surface area contributed by atoms with E-state index in [2.05, 4.69) is 11.2 Å². The monoisotopic (exact) mass is 330 g/mol. The van der Waals surface area contributed by atoms with Crippen molar-refractivity contribution in [2.24, 2.45) is 0 Å². The topological polar surface area (TPSA) is 50.8 Å². The maximum atomic E-state index is 12.2. The lowest BCUT2D eigenvalue weighted by atomic mass is 10.1. The van der Waals surface area contributed by atoms with Crippen LogP contribution in [-0.2, 0) is 4.79 Å². The molecule has 0 bridgehead atoms. The van der Waals surface area contributed by atoms with Crippen LogP contribution in [0.4, 0.5) is 0 Å². The summed E-state index contributed by atoms with van der Waals surface area (Å²) >= 11 is 5.14. The second kappa shape index (κ2) is 7.65. The summed E-state index contributed by atoms with van der Waals surface area (Å²) < 4.78 is 11.0. The quantitative estimate of drug-likeness (QED) is 0.492. The highest BCUT2D eigenvalue weighted by atomic mass is 32.1. The van der Waals surface area contributed by atoms with Crippen LogP contribution < -0.4 is 14.8 Å². The molecule has 1 aromatic rings. The standard InChI is InChI=1S/C17H18N2O3S/c1-4-9-22-14-8-7-12(11-15(14)21-6-3)10-13-16(20)19(5-2)17(23)18-13/h1,7-8,10-11H,5-6,9H2,2-3H3,(H,18,23). The Morgan fingerprint density at radius 2 is 2.13 bits per heavy atom. The second-order valence-corrected chi connectivity index (χ2v) is 5.06. The average Bonchev–Trinajstić information content (AvgIpc) is 2.80. The van der Waals surface area contributed by atoms with Gasteiger partial charge in [0.15, 0.2) is 16.6 Å². The third kappa shape index (κ3) is 3.82. The van der Waals surface area contributed by atoms with E-state index in [0.29, 0.717) is 35.5 Å². The molecule has 1 fully saturated rings. The summed E-state index contributed by atoms with van der Waals surface area (Å²) in [5, 5.41) is 3.34. The van der Waals surface area contributed by atoms with Crippen molar-refractivity contribution in [1.29, 1.82) is 0 Å². The molecule has 1 aliphatic rings. The Morgan fingerprint density at radius 1 is 1.35 bits per heavy atom. The van der Waals surface area contributed by atoms with Crippen molar-refractivity contribution in [2.45, 2.75) is 13.8 Å². The predicted molar refractivity (Wildman–Crippen MR) is 93.0 cm³/mol. The largest absolute Gasteiger partial charge is 0.490 e. The van der Waals surface area contributed by atoms with Crippen LogP contribution >= 0.6 is 12.2 Å². The SMILES string of the molecule is C#CCOc1ccc(C=C2NC(=S)N(CC)C2=O)cc1OCC. The molecule has 0 radical (unpaired) electrons. The lowest BCUT2D eigenvalue weighted by Gasteiger charge is -2.11. The van der Waals surface area contributed by atoms with E-state index in [-0.39, 0.29) is 12.5 Å². The van der Waals surface area contributed by atoms with Gasteiger partial charge in [-0.05, 0) is 49.8 Å². The molecule has 0 aromatic heterocycles. The van der Waals surface area contributed by atoms with E-state index < -0.39 is 0 Å². The van der Waals surface area contributed by atoms with Crippen molar-refractivity contribution in [3.05, 3.63) is 29.5 Å². The van der Waals surface area contributed by atoms with Crippen molar-refractivity contribution in [3.8, 4) is 23.8 Å². The van der Waals surface area contributed by atoms with Crippen molar-refractivity contribution in [1.82, 2.24) is 10.2 Å². The minimum Gasteiger partial charge on any atom is -0.490 e. The normalized spacial score (nSPS) is 15.5. The highest BCUT2D eigenvalue weighted by Crippen LogP contribution is 2.29. The van der Waals surface area contributed by atoms with Gasteiger partial charge in [-0.3, -0.25) is 9.69 Å². The van der Waals surface area contributed by atoms with E-state index >= 15 is 0 Å². The van der Waals surface area contributed by atoms with Gasteiger partial charge < -0.3 is 14.8 Å². The maximum absolute atomic E-state index is 12.2. The fourth-order valence-corrected chi connectivity index (χ4v) is 2.47. The summed E-state index contributed by atoms with van der Waals surface area (Å²) in [5.41, 5.74) is 1.25. The molecule has 0 atom stereocenters. The first-order valence-electron chi connectivity index (χ1n) is 7.28. The van der Waals surface area contributed by atoms with Crippen LogP contribution in [0.1, 0.15) is 19.4 Å². The number of ether oxygens (including phenoxy) is 2. The third-order valence-electron chi connectivity index (χ3n) is 3.17. The van der Waals surface area contributed by atoms with Crippen LogP contribution in [0, 0.1) is 12.3 Å². The fraction of sp³-hybridized carbons (Fsp3) is 0.294. The zero-order chi connectivity index (χ0) is 16.8. The number of carbonyl (C=O) groups is 1. The van der Waals surface area contributed by atoms with Crippen LogP contribution in [0.2, 0.25) is 0 Å². The number of carbonyl (C=O) groups excluding carboxylic acids is 1. The van der Waals surface area contributed by atoms with Crippen molar-refractivity contribution in [2.75, 3.05) is 19.8 Å². The summed E-state index contributed by atoms with van der Waals surface area (Å²) in [7, 11) is 0.